The Hall–Kier alpha value is -1.89. The quantitative estimate of drug-likeness (QED) is 0.313. The number of hydrogen-bond donors (Lipinski definition) is 0. The Morgan fingerprint density at radius 2 is 1.94 bits per heavy atom. The molecule has 6 rings (SSSR count). The molecule has 0 bridgehead atoms. The van der Waals surface area contributed by atoms with Crippen LogP contribution in [-0.2, 0) is 19.4 Å². The standard InChI is InChI=1S/C30H41N3O2S/c1-32(2)19-26-28(34-20-22-6-7-22)11-9-25-27(31-35-30(25)26)10-8-21-12-15-33(16-13-21)18-23-4-3-5-29-24(23)14-17-36-29/h9,11,14,17,21-23H,3-8,10,12-13,15-16,18-20H2,1-2H3. The molecule has 3 aliphatic rings. The SMILES string of the molecule is CN(C)Cc1c(OCC2CC2)ccc2c(CCC3CCN(CC4CCCc5sccc54)CC3)noc12. The van der Waals surface area contributed by atoms with Crippen molar-refractivity contribution in [3.63, 3.8) is 0 Å². The van der Waals surface area contributed by atoms with Crippen LogP contribution in [0.2, 0.25) is 0 Å². The van der Waals surface area contributed by atoms with Gasteiger partial charge in [-0.1, -0.05) is 5.16 Å². The maximum absolute atomic E-state index is 6.20. The number of ether oxygens (including phenoxy) is 1. The lowest BCUT2D eigenvalue weighted by molar-refractivity contribution is 0.166. The van der Waals surface area contributed by atoms with Crippen molar-refractivity contribution in [3.8, 4) is 5.75 Å². The molecule has 0 spiro atoms. The minimum atomic E-state index is 0.736. The second-order valence-electron chi connectivity index (χ2n) is 11.7. The van der Waals surface area contributed by atoms with Gasteiger partial charge in [-0.05, 0) is 132 Å². The minimum Gasteiger partial charge on any atom is -0.493 e. The molecule has 1 atom stereocenters. The summed E-state index contributed by atoms with van der Waals surface area (Å²) in [5.74, 6) is 3.25. The van der Waals surface area contributed by atoms with Crippen LogP contribution in [0.3, 0.4) is 0 Å². The molecule has 0 N–H and O–H groups in total. The molecule has 2 aromatic heterocycles. The largest absolute Gasteiger partial charge is 0.493 e. The smallest absolute Gasteiger partial charge is 0.175 e. The summed E-state index contributed by atoms with van der Waals surface area (Å²) >= 11 is 1.97. The average Bonchev–Trinajstić information content (AvgIpc) is 3.41. The lowest BCUT2D eigenvalue weighted by Gasteiger charge is -2.35. The summed E-state index contributed by atoms with van der Waals surface area (Å²) in [5.41, 5.74) is 4.83. The second-order valence-corrected chi connectivity index (χ2v) is 12.7. The summed E-state index contributed by atoms with van der Waals surface area (Å²) in [7, 11) is 4.20. The monoisotopic (exact) mass is 507 g/mol. The average molecular weight is 508 g/mol. The molecular formula is C30H41N3O2S. The van der Waals surface area contributed by atoms with Crippen LogP contribution < -0.4 is 4.74 Å². The second kappa shape index (κ2) is 10.8. The van der Waals surface area contributed by atoms with Gasteiger partial charge in [0.05, 0.1) is 17.9 Å². The van der Waals surface area contributed by atoms with E-state index in [1.807, 2.05) is 11.3 Å². The van der Waals surface area contributed by atoms with Crippen LogP contribution in [0.25, 0.3) is 11.0 Å². The van der Waals surface area contributed by atoms with Gasteiger partial charge in [-0.15, -0.1) is 11.3 Å². The van der Waals surface area contributed by atoms with Gasteiger partial charge in [0.2, 0.25) is 0 Å². The fourth-order valence-corrected chi connectivity index (χ4v) is 7.26. The van der Waals surface area contributed by atoms with Gasteiger partial charge >= 0.3 is 0 Å². The Labute approximate surface area is 219 Å². The fraction of sp³-hybridized carbons (Fsp3) is 0.633. The third-order valence-electron chi connectivity index (χ3n) is 8.57. The summed E-state index contributed by atoms with van der Waals surface area (Å²) in [6, 6.07) is 6.71. The third-order valence-corrected chi connectivity index (χ3v) is 9.57. The summed E-state index contributed by atoms with van der Waals surface area (Å²) in [4.78, 5) is 6.56. The predicted octanol–water partition coefficient (Wildman–Crippen LogP) is 6.50. The zero-order valence-corrected chi connectivity index (χ0v) is 22.8. The molecule has 36 heavy (non-hydrogen) atoms. The Morgan fingerprint density at radius 3 is 2.75 bits per heavy atom. The first kappa shape index (κ1) is 24.4. The highest BCUT2D eigenvalue weighted by Crippen LogP contribution is 2.37. The Balaban J connectivity index is 1.05. The normalized spacial score (nSPS) is 21.4. The first-order chi connectivity index (χ1) is 17.6. The molecule has 1 aromatic carbocycles. The molecule has 1 unspecified atom stereocenters. The Kier molecular flexibility index (Phi) is 7.36. The molecule has 6 heteroatoms. The number of aromatic nitrogens is 1. The van der Waals surface area contributed by atoms with Gasteiger partial charge in [-0.25, -0.2) is 0 Å². The van der Waals surface area contributed by atoms with E-state index in [0.717, 1.165) is 59.9 Å². The van der Waals surface area contributed by atoms with Crippen LogP contribution in [0.4, 0.5) is 0 Å². The number of likely N-dealkylation sites (tertiary alicyclic amines) is 1. The van der Waals surface area contributed by atoms with Gasteiger partial charge in [0.1, 0.15) is 5.75 Å². The fourth-order valence-electron chi connectivity index (χ4n) is 6.25. The molecule has 2 fully saturated rings. The number of aryl methyl sites for hydroxylation is 2. The van der Waals surface area contributed by atoms with Crippen LogP contribution in [0.5, 0.6) is 5.75 Å². The van der Waals surface area contributed by atoms with E-state index in [1.54, 1.807) is 10.4 Å². The molecule has 0 radical (unpaired) electrons. The molecule has 3 aromatic rings. The van der Waals surface area contributed by atoms with E-state index in [1.165, 1.54) is 76.4 Å². The van der Waals surface area contributed by atoms with Crippen molar-refractivity contribution in [1.82, 2.24) is 15.0 Å². The van der Waals surface area contributed by atoms with Crippen LogP contribution in [-0.4, -0.2) is 55.3 Å². The van der Waals surface area contributed by atoms with Gasteiger partial charge in [0.25, 0.3) is 0 Å². The number of piperidine rings is 1. The molecule has 2 aliphatic carbocycles. The molecule has 1 saturated heterocycles. The number of nitrogens with zero attached hydrogens (tertiary/aromatic N) is 3. The lowest BCUT2D eigenvalue weighted by Crippen LogP contribution is -2.37. The van der Waals surface area contributed by atoms with E-state index < -0.39 is 0 Å². The van der Waals surface area contributed by atoms with Crippen LogP contribution in [0.1, 0.15) is 72.6 Å². The highest BCUT2D eigenvalue weighted by atomic mass is 32.1. The molecule has 0 amide bonds. The van der Waals surface area contributed by atoms with Crippen molar-refractivity contribution in [3.05, 3.63) is 45.3 Å². The van der Waals surface area contributed by atoms with Crippen LogP contribution in [0, 0.1) is 11.8 Å². The van der Waals surface area contributed by atoms with Crippen molar-refractivity contribution in [2.45, 2.75) is 70.3 Å². The highest BCUT2D eigenvalue weighted by Gasteiger charge is 2.27. The van der Waals surface area contributed by atoms with Crippen molar-refractivity contribution >= 4 is 22.3 Å². The Bertz CT molecular complexity index is 1160. The predicted molar refractivity (Wildman–Crippen MR) is 147 cm³/mol. The van der Waals surface area contributed by atoms with E-state index in [4.69, 9.17) is 9.26 Å². The van der Waals surface area contributed by atoms with Gasteiger partial charge in [0.15, 0.2) is 5.58 Å². The third kappa shape index (κ3) is 5.51. The highest BCUT2D eigenvalue weighted by molar-refractivity contribution is 7.10. The minimum absolute atomic E-state index is 0.736. The molecule has 194 valence electrons. The maximum Gasteiger partial charge on any atom is 0.175 e. The van der Waals surface area contributed by atoms with E-state index in [0.29, 0.717) is 0 Å². The summed E-state index contributed by atoms with van der Waals surface area (Å²) in [6.07, 6.45) is 11.5. The summed E-state index contributed by atoms with van der Waals surface area (Å²) < 4.78 is 12.1. The maximum atomic E-state index is 6.20. The van der Waals surface area contributed by atoms with Crippen molar-refractivity contribution in [2.24, 2.45) is 11.8 Å². The molecule has 3 heterocycles. The Morgan fingerprint density at radius 1 is 1.08 bits per heavy atom. The van der Waals surface area contributed by atoms with Crippen molar-refractivity contribution in [1.29, 1.82) is 0 Å². The van der Waals surface area contributed by atoms with E-state index in [2.05, 4.69) is 52.6 Å². The van der Waals surface area contributed by atoms with E-state index >= 15 is 0 Å². The molecule has 1 saturated carbocycles. The first-order valence-electron chi connectivity index (χ1n) is 14.1. The van der Waals surface area contributed by atoms with Gasteiger partial charge in [0, 0.05) is 23.4 Å². The molecular weight excluding hydrogens is 466 g/mol. The van der Waals surface area contributed by atoms with Crippen LogP contribution >= 0.6 is 11.3 Å². The van der Waals surface area contributed by atoms with Crippen molar-refractivity contribution in [2.75, 3.05) is 40.3 Å². The van der Waals surface area contributed by atoms with Gasteiger partial charge in [-0.2, -0.15) is 0 Å². The zero-order valence-electron chi connectivity index (χ0n) is 22.0. The number of fused-ring (bicyclic) bond motifs is 2. The van der Waals surface area contributed by atoms with E-state index in [9.17, 15) is 0 Å². The van der Waals surface area contributed by atoms with Crippen LogP contribution in [0.15, 0.2) is 28.1 Å². The first-order valence-corrected chi connectivity index (χ1v) is 15.0. The molecule has 1 aliphatic heterocycles. The zero-order chi connectivity index (χ0) is 24.5. The topological polar surface area (TPSA) is 41.7 Å². The van der Waals surface area contributed by atoms with Gasteiger partial charge in [-0.3, -0.25) is 0 Å². The van der Waals surface area contributed by atoms with E-state index in [-0.39, 0.29) is 0 Å². The summed E-state index contributed by atoms with van der Waals surface area (Å²) in [5, 5.41) is 8.02. The van der Waals surface area contributed by atoms with Gasteiger partial charge < -0.3 is 19.1 Å². The number of hydrogen-bond acceptors (Lipinski definition) is 6. The van der Waals surface area contributed by atoms with Crippen molar-refractivity contribution < 1.29 is 9.26 Å². The lowest BCUT2D eigenvalue weighted by atomic mass is 9.86. The number of thiophene rings is 1. The number of rotatable bonds is 10. The number of benzene rings is 1. The molecule has 5 nitrogen and oxygen atoms in total. The summed E-state index contributed by atoms with van der Waals surface area (Å²) in [6.45, 7) is 5.37.